The minimum absolute atomic E-state index is 0.0528. The van der Waals surface area contributed by atoms with Gasteiger partial charge in [-0.3, -0.25) is 13.9 Å². The zero-order valence-electron chi connectivity index (χ0n) is 27.4. The molecule has 0 saturated heterocycles. The summed E-state index contributed by atoms with van der Waals surface area (Å²) in [5.41, 5.74) is 3.27. The van der Waals surface area contributed by atoms with Crippen molar-refractivity contribution in [3.63, 3.8) is 0 Å². The SMILES string of the molecule is COc1cccc(CN(C(=O)CN(c2ccc(C)c(C)c2)S(=O)(=O)c2ccccc2)[C@H](Cc2ccccc2)C(=O)NC(C)(C)C)c1. The molecule has 0 unspecified atom stereocenters. The van der Waals surface area contributed by atoms with Crippen molar-refractivity contribution in [2.75, 3.05) is 18.0 Å². The third-order valence-electron chi connectivity index (χ3n) is 7.64. The van der Waals surface area contributed by atoms with Crippen LogP contribution < -0.4 is 14.4 Å². The van der Waals surface area contributed by atoms with Gasteiger partial charge in [-0.15, -0.1) is 0 Å². The number of methoxy groups -OCH3 is 1. The lowest BCUT2D eigenvalue weighted by Gasteiger charge is -2.35. The summed E-state index contributed by atoms with van der Waals surface area (Å²) in [5.74, 6) is -0.256. The Labute approximate surface area is 273 Å². The van der Waals surface area contributed by atoms with Crippen LogP contribution in [0.15, 0.2) is 108 Å². The third kappa shape index (κ3) is 8.75. The minimum Gasteiger partial charge on any atom is -0.497 e. The lowest BCUT2D eigenvalue weighted by atomic mass is 10.0. The molecule has 2 amide bonds. The summed E-state index contributed by atoms with van der Waals surface area (Å²) in [5, 5.41) is 3.05. The van der Waals surface area contributed by atoms with Crippen LogP contribution in [0.5, 0.6) is 5.75 Å². The molecule has 0 aliphatic rings. The molecule has 4 aromatic rings. The summed E-state index contributed by atoms with van der Waals surface area (Å²) < 4.78 is 34.9. The molecule has 4 rings (SSSR count). The Hall–Kier alpha value is -4.63. The summed E-state index contributed by atoms with van der Waals surface area (Å²) in [6.45, 7) is 9.02. The molecule has 242 valence electrons. The van der Waals surface area contributed by atoms with Crippen molar-refractivity contribution in [3.8, 4) is 5.75 Å². The van der Waals surface area contributed by atoms with E-state index < -0.39 is 34.1 Å². The van der Waals surface area contributed by atoms with Crippen LogP contribution in [0.4, 0.5) is 5.69 Å². The summed E-state index contributed by atoms with van der Waals surface area (Å²) >= 11 is 0. The molecule has 0 bridgehead atoms. The molecule has 0 aliphatic carbocycles. The van der Waals surface area contributed by atoms with Gasteiger partial charge in [-0.05, 0) is 93.3 Å². The van der Waals surface area contributed by atoms with Gasteiger partial charge in [-0.25, -0.2) is 8.42 Å². The largest absolute Gasteiger partial charge is 0.497 e. The number of carbonyl (C=O) groups is 2. The zero-order valence-corrected chi connectivity index (χ0v) is 28.2. The van der Waals surface area contributed by atoms with Crippen LogP contribution in [-0.2, 0) is 32.6 Å². The van der Waals surface area contributed by atoms with Gasteiger partial charge < -0.3 is 15.0 Å². The lowest BCUT2D eigenvalue weighted by molar-refractivity contribution is -0.140. The summed E-state index contributed by atoms with van der Waals surface area (Å²) in [7, 11) is -2.60. The average Bonchev–Trinajstić information content (AvgIpc) is 3.03. The van der Waals surface area contributed by atoms with E-state index >= 15 is 0 Å². The molecule has 0 aromatic heterocycles. The summed E-state index contributed by atoms with van der Waals surface area (Å²) in [6, 6.07) is 29.2. The van der Waals surface area contributed by atoms with Gasteiger partial charge in [0.25, 0.3) is 10.0 Å². The van der Waals surface area contributed by atoms with E-state index in [2.05, 4.69) is 5.32 Å². The van der Waals surface area contributed by atoms with Crippen LogP contribution in [-0.4, -0.2) is 50.4 Å². The number of ether oxygens (including phenoxy) is 1. The Morgan fingerprint density at radius 2 is 1.43 bits per heavy atom. The Kier molecular flexibility index (Phi) is 10.9. The van der Waals surface area contributed by atoms with Gasteiger partial charge in [-0.1, -0.05) is 66.7 Å². The maximum absolute atomic E-state index is 14.6. The highest BCUT2D eigenvalue weighted by Gasteiger charge is 2.35. The molecule has 1 atom stereocenters. The highest BCUT2D eigenvalue weighted by Crippen LogP contribution is 2.27. The number of carbonyl (C=O) groups excluding carboxylic acids is 2. The van der Waals surface area contributed by atoms with Crippen molar-refractivity contribution in [3.05, 3.63) is 125 Å². The fraction of sp³-hybridized carbons (Fsp3) is 0.297. The van der Waals surface area contributed by atoms with Crippen molar-refractivity contribution in [2.24, 2.45) is 0 Å². The van der Waals surface area contributed by atoms with Gasteiger partial charge in [0.2, 0.25) is 11.8 Å². The predicted molar refractivity (Wildman–Crippen MR) is 182 cm³/mol. The number of aryl methyl sites for hydroxylation is 2. The van der Waals surface area contributed by atoms with Crippen molar-refractivity contribution in [1.82, 2.24) is 10.2 Å². The molecule has 0 fully saturated rings. The van der Waals surface area contributed by atoms with Gasteiger partial charge in [0.1, 0.15) is 18.3 Å². The van der Waals surface area contributed by atoms with E-state index in [1.807, 2.05) is 89.2 Å². The van der Waals surface area contributed by atoms with E-state index in [1.54, 1.807) is 43.5 Å². The molecule has 1 N–H and O–H groups in total. The molecule has 8 nitrogen and oxygen atoms in total. The maximum Gasteiger partial charge on any atom is 0.264 e. The molecule has 0 saturated carbocycles. The Morgan fingerprint density at radius 3 is 2.04 bits per heavy atom. The predicted octanol–water partition coefficient (Wildman–Crippen LogP) is 6.06. The first kappa shape index (κ1) is 34.2. The Balaban J connectivity index is 1.84. The molecule has 46 heavy (non-hydrogen) atoms. The van der Waals surface area contributed by atoms with Crippen molar-refractivity contribution < 1.29 is 22.7 Å². The van der Waals surface area contributed by atoms with E-state index in [0.29, 0.717) is 11.4 Å². The number of rotatable bonds is 12. The van der Waals surface area contributed by atoms with Crippen LogP contribution in [0.1, 0.15) is 43.0 Å². The molecule has 4 aromatic carbocycles. The number of sulfonamides is 1. The van der Waals surface area contributed by atoms with Gasteiger partial charge in [0, 0.05) is 18.5 Å². The second-order valence-electron chi connectivity index (χ2n) is 12.4. The third-order valence-corrected chi connectivity index (χ3v) is 9.43. The van der Waals surface area contributed by atoms with Crippen molar-refractivity contribution >= 4 is 27.5 Å². The molecule has 0 heterocycles. The number of hydrogen-bond donors (Lipinski definition) is 1. The molecule has 0 aliphatic heterocycles. The number of anilines is 1. The van der Waals surface area contributed by atoms with E-state index in [-0.39, 0.29) is 23.8 Å². The van der Waals surface area contributed by atoms with Crippen molar-refractivity contribution in [1.29, 1.82) is 0 Å². The lowest BCUT2D eigenvalue weighted by Crippen LogP contribution is -2.56. The van der Waals surface area contributed by atoms with Gasteiger partial charge in [0.05, 0.1) is 17.7 Å². The number of benzene rings is 4. The quantitative estimate of drug-likeness (QED) is 0.203. The molecular weight excluding hydrogens is 598 g/mol. The van der Waals surface area contributed by atoms with E-state index in [9.17, 15) is 18.0 Å². The highest BCUT2D eigenvalue weighted by atomic mass is 32.2. The van der Waals surface area contributed by atoms with Gasteiger partial charge >= 0.3 is 0 Å². The van der Waals surface area contributed by atoms with Crippen LogP contribution >= 0.6 is 0 Å². The first-order valence-corrected chi connectivity index (χ1v) is 16.7. The molecule has 0 radical (unpaired) electrons. The summed E-state index contributed by atoms with van der Waals surface area (Å²) in [4.78, 5) is 30.2. The second kappa shape index (κ2) is 14.6. The Morgan fingerprint density at radius 1 is 0.804 bits per heavy atom. The van der Waals surface area contributed by atoms with Crippen LogP contribution in [0, 0.1) is 13.8 Å². The standard InChI is InChI=1S/C37H43N3O5S/c1-27-20-21-31(22-28(27)2)40(46(43,44)33-18-11-8-12-19-33)26-35(41)39(25-30-16-13-17-32(23-30)45-6)34(36(42)38-37(3,4)5)24-29-14-9-7-10-15-29/h7-23,34H,24-26H2,1-6H3,(H,38,42)/t34-/m1/s1. The van der Waals surface area contributed by atoms with E-state index in [4.69, 9.17) is 4.74 Å². The second-order valence-corrected chi connectivity index (χ2v) is 14.3. The first-order chi connectivity index (χ1) is 21.8. The minimum atomic E-state index is -4.16. The Bertz CT molecular complexity index is 1750. The highest BCUT2D eigenvalue weighted by molar-refractivity contribution is 7.92. The number of nitrogens with zero attached hydrogens (tertiary/aromatic N) is 2. The average molecular weight is 642 g/mol. The monoisotopic (exact) mass is 641 g/mol. The maximum atomic E-state index is 14.6. The number of hydrogen-bond acceptors (Lipinski definition) is 5. The number of nitrogens with one attached hydrogen (secondary N) is 1. The van der Waals surface area contributed by atoms with E-state index in [1.165, 1.54) is 17.0 Å². The summed E-state index contributed by atoms with van der Waals surface area (Å²) in [6.07, 6.45) is 0.230. The van der Waals surface area contributed by atoms with Crippen LogP contribution in [0.25, 0.3) is 0 Å². The molecule has 0 spiro atoms. The number of amides is 2. The van der Waals surface area contributed by atoms with Crippen LogP contribution in [0.3, 0.4) is 0 Å². The van der Waals surface area contributed by atoms with E-state index in [0.717, 1.165) is 26.6 Å². The van der Waals surface area contributed by atoms with Gasteiger partial charge in [0.15, 0.2) is 0 Å². The van der Waals surface area contributed by atoms with Crippen LogP contribution in [0.2, 0.25) is 0 Å². The smallest absolute Gasteiger partial charge is 0.264 e. The fourth-order valence-corrected chi connectivity index (χ4v) is 6.53. The fourth-order valence-electron chi connectivity index (χ4n) is 5.10. The molecule has 9 heteroatoms. The van der Waals surface area contributed by atoms with Gasteiger partial charge in [-0.2, -0.15) is 0 Å². The zero-order chi connectivity index (χ0) is 33.5. The topological polar surface area (TPSA) is 96.0 Å². The normalized spacial score (nSPS) is 12.2. The first-order valence-electron chi connectivity index (χ1n) is 15.2. The molecular formula is C37H43N3O5S. The van der Waals surface area contributed by atoms with Crippen molar-refractivity contribution in [2.45, 2.75) is 64.1 Å².